The van der Waals surface area contributed by atoms with E-state index in [0.717, 1.165) is 22.9 Å². The van der Waals surface area contributed by atoms with Crippen molar-refractivity contribution in [1.29, 1.82) is 0 Å². The molecule has 0 atom stereocenters. The second kappa shape index (κ2) is 7.48. The smallest absolute Gasteiger partial charge is 0.234 e. The molecule has 0 aliphatic heterocycles. The third kappa shape index (κ3) is 3.88. The average Bonchev–Trinajstić information content (AvgIpc) is 2.98. The lowest BCUT2D eigenvalue weighted by molar-refractivity contribution is -0.113. The number of Topliss-reactive ketones (excluding diaryl/α,β-unsaturated/α-hetero) is 1. The summed E-state index contributed by atoms with van der Waals surface area (Å²) in [5.41, 5.74) is 2.94. The van der Waals surface area contributed by atoms with Gasteiger partial charge >= 0.3 is 0 Å². The Morgan fingerprint density at radius 2 is 1.96 bits per heavy atom. The molecule has 0 radical (unpaired) electrons. The van der Waals surface area contributed by atoms with E-state index in [0.29, 0.717) is 11.3 Å². The van der Waals surface area contributed by atoms with Crippen LogP contribution in [-0.4, -0.2) is 32.0 Å². The zero-order valence-electron chi connectivity index (χ0n) is 14.0. The molecule has 2 heterocycles. The van der Waals surface area contributed by atoms with Crippen molar-refractivity contribution in [2.24, 2.45) is 0 Å². The van der Waals surface area contributed by atoms with E-state index < -0.39 is 0 Å². The van der Waals surface area contributed by atoms with Crippen molar-refractivity contribution in [3.05, 3.63) is 48.2 Å². The van der Waals surface area contributed by atoms with Crippen molar-refractivity contribution in [3.8, 4) is 0 Å². The normalized spacial score (nSPS) is 10.8. The van der Waals surface area contributed by atoms with Gasteiger partial charge in [-0.3, -0.25) is 9.59 Å². The van der Waals surface area contributed by atoms with E-state index >= 15 is 0 Å². The Balaban J connectivity index is 1.65. The van der Waals surface area contributed by atoms with Crippen LogP contribution in [0.3, 0.4) is 0 Å². The highest BCUT2D eigenvalue weighted by atomic mass is 32.2. The SMILES string of the molecule is CCn1c(SCC(=O)Nc2ccc(C(C)=O)cc2)nc2cccnc21. The first kappa shape index (κ1) is 17.2. The number of amides is 1. The molecule has 0 bridgehead atoms. The molecule has 25 heavy (non-hydrogen) atoms. The molecule has 0 aliphatic rings. The lowest BCUT2D eigenvalue weighted by Gasteiger charge is -2.07. The average molecular weight is 354 g/mol. The Morgan fingerprint density at radius 1 is 1.20 bits per heavy atom. The molecule has 1 aromatic carbocycles. The number of benzene rings is 1. The van der Waals surface area contributed by atoms with Crippen LogP contribution in [0, 0.1) is 0 Å². The number of hydrogen-bond donors (Lipinski definition) is 1. The minimum absolute atomic E-state index is 0.000472. The summed E-state index contributed by atoms with van der Waals surface area (Å²) in [7, 11) is 0. The minimum Gasteiger partial charge on any atom is -0.325 e. The van der Waals surface area contributed by atoms with Crippen molar-refractivity contribution < 1.29 is 9.59 Å². The number of thioether (sulfide) groups is 1. The van der Waals surface area contributed by atoms with Crippen LogP contribution in [0.25, 0.3) is 11.2 Å². The molecule has 7 heteroatoms. The second-order valence-corrected chi connectivity index (χ2v) is 6.40. The highest BCUT2D eigenvalue weighted by Gasteiger charge is 2.12. The standard InChI is InChI=1S/C18H18N4O2S/c1-3-22-17-15(5-4-10-19-17)21-18(22)25-11-16(24)20-14-8-6-13(7-9-14)12(2)23/h4-10H,3,11H2,1-2H3,(H,20,24). The molecule has 0 saturated heterocycles. The van der Waals surface area contributed by atoms with E-state index in [1.807, 2.05) is 23.6 Å². The first-order valence-corrected chi connectivity index (χ1v) is 8.92. The van der Waals surface area contributed by atoms with E-state index in [1.165, 1.54) is 18.7 Å². The number of rotatable bonds is 6. The van der Waals surface area contributed by atoms with Crippen LogP contribution < -0.4 is 5.32 Å². The van der Waals surface area contributed by atoms with Gasteiger partial charge in [-0.05, 0) is 50.2 Å². The number of pyridine rings is 1. The molecule has 0 aliphatic carbocycles. The number of aryl methyl sites for hydroxylation is 1. The molecule has 6 nitrogen and oxygen atoms in total. The molecular formula is C18H18N4O2S. The maximum atomic E-state index is 12.2. The van der Waals surface area contributed by atoms with Crippen LogP contribution in [0.4, 0.5) is 5.69 Å². The fourth-order valence-corrected chi connectivity index (χ4v) is 3.32. The van der Waals surface area contributed by atoms with Gasteiger partial charge in [0.1, 0.15) is 5.52 Å². The van der Waals surface area contributed by atoms with Crippen molar-refractivity contribution in [2.75, 3.05) is 11.1 Å². The summed E-state index contributed by atoms with van der Waals surface area (Å²) >= 11 is 1.38. The summed E-state index contributed by atoms with van der Waals surface area (Å²) in [5, 5.41) is 3.60. The number of nitrogens with zero attached hydrogens (tertiary/aromatic N) is 3. The third-order valence-electron chi connectivity index (χ3n) is 3.69. The van der Waals surface area contributed by atoms with Gasteiger partial charge in [-0.2, -0.15) is 0 Å². The Hall–Kier alpha value is -2.67. The van der Waals surface area contributed by atoms with Gasteiger partial charge in [-0.15, -0.1) is 0 Å². The first-order valence-electron chi connectivity index (χ1n) is 7.93. The zero-order valence-corrected chi connectivity index (χ0v) is 14.8. The number of hydrogen-bond acceptors (Lipinski definition) is 5. The summed E-state index contributed by atoms with van der Waals surface area (Å²) in [6.45, 7) is 4.28. The van der Waals surface area contributed by atoms with Crippen LogP contribution in [-0.2, 0) is 11.3 Å². The van der Waals surface area contributed by atoms with E-state index in [-0.39, 0.29) is 17.4 Å². The fourth-order valence-electron chi connectivity index (χ4n) is 2.45. The van der Waals surface area contributed by atoms with Crippen LogP contribution in [0.2, 0.25) is 0 Å². The van der Waals surface area contributed by atoms with Gasteiger partial charge in [0.2, 0.25) is 5.91 Å². The quantitative estimate of drug-likeness (QED) is 0.542. The van der Waals surface area contributed by atoms with E-state index in [1.54, 1.807) is 30.5 Å². The third-order valence-corrected chi connectivity index (χ3v) is 4.67. The lowest BCUT2D eigenvalue weighted by atomic mass is 10.1. The monoisotopic (exact) mass is 354 g/mol. The maximum Gasteiger partial charge on any atom is 0.234 e. The summed E-state index contributed by atoms with van der Waals surface area (Å²) in [5.74, 6) is 0.126. The molecule has 0 spiro atoms. The van der Waals surface area contributed by atoms with Crippen LogP contribution in [0.1, 0.15) is 24.2 Å². The number of nitrogens with one attached hydrogen (secondary N) is 1. The number of anilines is 1. The summed E-state index contributed by atoms with van der Waals surface area (Å²) in [4.78, 5) is 32.3. The molecule has 1 amide bonds. The van der Waals surface area contributed by atoms with Crippen LogP contribution >= 0.6 is 11.8 Å². The van der Waals surface area contributed by atoms with Gasteiger partial charge in [-0.25, -0.2) is 9.97 Å². The van der Waals surface area contributed by atoms with Gasteiger partial charge in [0, 0.05) is 24.0 Å². The predicted molar refractivity (Wildman–Crippen MR) is 99.0 cm³/mol. The van der Waals surface area contributed by atoms with Crippen LogP contribution in [0.15, 0.2) is 47.8 Å². The molecule has 0 saturated carbocycles. The predicted octanol–water partition coefficient (Wildman–Crippen LogP) is 3.38. The Kier molecular flexibility index (Phi) is 5.14. The zero-order chi connectivity index (χ0) is 17.8. The summed E-state index contributed by atoms with van der Waals surface area (Å²) in [6.07, 6.45) is 1.74. The lowest BCUT2D eigenvalue weighted by Crippen LogP contribution is -2.14. The number of ketones is 1. The molecule has 128 valence electrons. The van der Waals surface area contributed by atoms with E-state index in [4.69, 9.17) is 0 Å². The van der Waals surface area contributed by atoms with Gasteiger partial charge in [0.05, 0.1) is 5.75 Å². The molecule has 2 aromatic heterocycles. The largest absolute Gasteiger partial charge is 0.325 e. The highest BCUT2D eigenvalue weighted by Crippen LogP contribution is 2.23. The topological polar surface area (TPSA) is 76.9 Å². The number of carbonyl (C=O) groups is 2. The van der Waals surface area contributed by atoms with Crippen molar-refractivity contribution >= 4 is 40.3 Å². The number of aromatic nitrogens is 3. The molecule has 3 rings (SSSR count). The molecule has 1 N–H and O–H groups in total. The van der Waals surface area contributed by atoms with E-state index in [9.17, 15) is 9.59 Å². The minimum atomic E-state index is -0.122. The summed E-state index contributed by atoms with van der Waals surface area (Å²) in [6, 6.07) is 10.6. The molecule has 3 aromatic rings. The number of fused-ring (bicyclic) bond motifs is 1. The van der Waals surface area contributed by atoms with Crippen LogP contribution in [0.5, 0.6) is 0 Å². The van der Waals surface area contributed by atoms with Gasteiger partial charge in [0.15, 0.2) is 16.6 Å². The Morgan fingerprint density at radius 3 is 2.64 bits per heavy atom. The second-order valence-electron chi connectivity index (χ2n) is 5.46. The Bertz CT molecular complexity index is 918. The summed E-state index contributed by atoms with van der Waals surface area (Å²) < 4.78 is 1.99. The fraction of sp³-hybridized carbons (Fsp3) is 0.222. The van der Waals surface area contributed by atoms with E-state index in [2.05, 4.69) is 15.3 Å². The molecule has 0 unspecified atom stereocenters. The van der Waals surface area contributed by atoms with Crippen molar-refractivity contribution in [1.82, 2.24) is 14.5 Å². The van der Waals surface area contributed by atoms with Crippen molar-refractivity contribution in [3.63, 3.8) is 0 Å². The van der Waals surface area contributed by atoms with Gasteiger partial charge in [-0.1, -0.05) is 11.8 Å². The van der Waals surface area contributed by atoms with Crippen molar-refractivity contribution in [2.45, 2.75) is 25.5 Å². The highest BCUT2D eigenvalue weighted by molar-refractivity contribution is 7.99. The van der Waals surface area contributed by atoms with Gasteiger partial charge < -0.3 is 9.88 Å². The first-order chi connectivity index (χ1) is 12.1. The maximum absolute atomic E-state index is 12.2. The Labute approximate surface area is 149 Å². The molecular weight excluding hydrogens is 336 g/mol. The van der Waals surface area contributed by atoms with Gasteiger partial charge in [0.25, 0.3) is 0 Å². The molecule has 0 fully saturated rings. The number of imidazole rings is 1. The number of carbonyl (C=O) groups excluding carboxylic acids is 2.